The quantitative estimate of drug-likeness (QED) is 0.336. The molecule has 3 aromatic carbocycles. The lowest BCUT2D eigenvalue weighted by atomic mass is 9.93. The molecule has 3 aromatic rings. The van der Waals surface area contributed by atoms with Crippen LogP contribution in [0.15, 0.2) is 59.6 Å². The smallest absolute Gasteiger partial charge is 0.251 e. The summed E-state index contributed by atoms with van der Waals surface area (Å²) < 4.78 is 0. The van der Waals surface area contributed by atoms with Crippen molar-refractivity contribution < 1.29 is 4.79 Å². The van der Waals surface area contributed by atoms with Crippen molar-refractivity contribution in [2.45, 2.75) is 27.2 Å². The lowest BCUT2D eigenvalue weighted by molar-refractivity contribution is 0.0949. The molecule has 1 fully saturated rings. The monoisotopic (exact) mass is 525 g/mol. The van der Waals surface area contributed by atoms with Gasteiger partial charge in [-0.2, -0.15) is 0 Å². The molecule has 5 rings (SSSR count). The van der Waals surface area contributed by atoms with Gasteiger partial charge in [-0.15, -0.1) is 0 Å². The van der Waals surface area contributed by atoms with Crippen molar-refractivity contribution >= 4 is 28.9 Å². The summed E-state index contributed by atoms with van der Waals surface area (Å²) in [6.45, 7) is 12.5. The third kappa shape index (κ3) is 6.41. The van der Waals surface area contributed by atoms with Crippen molar-refractivity contribution in [3.05, 3.63) is 76.9 Å². The second-order valence-corrected chi connectivity index (χ2v) is 10.6. The minimum atomic E-state index is -0.0612. The van der Waals surface area contributed by atoms with Gasteiger partial charge in [0.2, 0.25) is 5.96 Å². The number of piperazine rings is 1. The lowest BCUT2D eigenvalue weighted by Crippen LogP contribution is -2.45. The highest BCUT2D eigenvalue weighted by Gasteiger charge is 2.17. The molecule has 0 aliphatic carbocycles. The van der Waals surface area contributed by atoms with Crippen LogP contribution in [0.4, 0.5) is 17.1 Å². The van der Waals surface area contributed by atoms with Crippen LogP contribution < -0.4 is 21.5 Å². The van der Waals surface area contributed by atoms with Crippen LogP contribution in [0, 0.1) is 20.8 Å². The van der Waals surface area contributed by atoms with Crippen LogP contribution in [-0.2, 0) is 0 Å². The number of aryl methyl sites for hydroxylation is 3. The average Bonchev–Trinajstić information content (AvgIpc) is 2.92. The molecule has 0 spiro atoms. The Morgan fingerprint density at radius 3 is 2.44 bits per heavy atom. The van der Waals surface area contributed by atoms with Gasteiger partial charge in [-0.1, -0.05) is 24.3 Å². The molecule has 0 radical (unpaired) electrons. The van der Waals surface area contributed by atoms with Gasteiger partial charge in [0, 0.05) is 44.0 Å². The summed E-state index contributed by atoms with van der Waals surface area (Å²) in [7, 11) is 2.16. The highest BCUT2D eigenvalue weighted by molar-refractivity contribution is 6.01. The molecule has 2 aliphatic heterocycles. The SMILES string of the molecule is Cc1cc(-c2c(C)cccc2C)cc2c1N=C(Nc1cccc(C(=O)NCCCN3CCN(C)CC3)c1)NN2. The Labute approximate surface area is 231 Å². The van der Waals surface area contributed by atoms with E-state index >= 15 is 0 Å². The van der Waals surface area contributed by atoms with Gasteiger partial charge in [-0.25, -0.2) is 4.99 Å². The van der Waals surface area contributed by atoms with Gasteiger partial charge in [-0.05, 0) is 98.9 Å². The number of carbonyl (C=O) groups excluding carboxylic acids is 1. The van der Waals surface area contributed by atoms with Gasteiger partial charge in [0.15, 0.2) is 0 Å². The number of carbonyl (C=O) groups is 1. The molecule has 8 nitrogen and oxygen atoms in total. The third-order valence-electron chi connectivity index (χ3n) is 7.53. The number of hydrogen-bond donors (Lipinski definition) is 4. The highest BCUT2D eigenvalue weighted by atomic mass is 16.1. The third-order valence-corrected chi connectivity index (χ3v) is 7.53. The van der Waals surface area contributed by atoms with Crippen molar-refractivity contribution in [3.8, 4) is 11.1 Å². The molecular weight excluding hydrogens is 486 g/mol. The molecule has 4 N–H and O–H groups in total. The predicted octanol–water partition coefficient (Wildman–Crippen LogP) is 4.68. The number of rotatable bonds is 7. The zero-order valence-electron chi connectivity index (χ0n) is 23.4. The normalized spacial score (nSPS) is 15.5. The molecule has 1 saturated heterocycles. The van der Waals surface area contributed by atoms with Crippen LogP contribution in [0.25, 0.3) is 11.1 Å². The summed E-state index contributed by atoms with van der Waals surface area (Å²) in [5.41, 5.74) is 15.7. The van der Waals surface area contributed by atoms with E-state index in [9.17, 15) is 4.79 Å². The summed E-state index contributed by atoms with van der Waals surface area (Å²) in [6, 6.07) is 18.2. The minimum Gasteiger partial charge on any atom is -0.352 e. The van der Waals surface area contributed by atoms with E-state index in [1.165, 1.54) is 22.3 Å². The number of benzene rings is 3. The molecule has 0 bridgehead atoms. The summed E-state index contributed by atoms with van der Waals surface area (Å²) in [5.74, 6) is 0.518. The molecule has 1 amide bonds. The average molecular weight is 526 g/mol. The molecule has 0 saturated carbocycles. The maximum absolute atomic E-state index is 12.8. The number of anilines is 2. The number of amides is 1. The van der Waals surface area contributed by atoms with Gasteiger partial charge >= 0.3 is 0 Å². The number of nitrogens with zero attached hydrogens (tertiary/aromatic N) is 3. The molecule has 0 atom stereocenters. The fourth-order valence-corrected chi connectivity index (χ4v) is 5.32. The molecule has 2 heterocycles. The number of guanidine groups is 1. The standard InChI is InChI=1S/C31H39N7O/c1-21-8-5-9-22(2)28(21)25-18-23(3)29-27(20-25)35-36-31(34-29)33-26-11-6-10-24(19-26)30(39)32-12-7-13-38-16-14-37(4)15-17-38/h5-6,8-11,18-20,35H,7,12-17H2,1-4H3,(H,32,39)(H2,33,34,36). The fourth-order valence-electron chi connectivity index (χ4n) is 5.32. The van der Waals surface area contributed by atoms with E-state index in [-0.39, 0.29) is 5.91 Å². The Kier molecular flexibility index (Phi) is 8.14. The first kappa shape index (κ1) is 26.7. The van der Waals surface area contributed by atoms with Crippen molar-refractivity contribution in [1.82, 2.24) is 20.5 Å². The number of aliphatic imine (C=N–C) groups is 1. The molecule has 0 unspecified atom stereocenters. The molecular formula is C31H39N7O. The summed E-state index contributed by atoms with van der Waals surface area (Å²) in [5, 5.41) is 6.37. The number of hydrogen-bond acceptors (Lipinski definition) is 7. The maximum atomic E-state index is 12.8. The Balaban J connectivity index is 1.21. The second-order valence-electron chi connectivity index (χ2n) is 10.6. The molecule has 8 heteroatoms. The van der Waals surface area contributed by atoms with Gasteiger partial charge in [0.25, 0.3) is 5.91 Å². The predicted molar refractivity (Wildman–Crippen MR) is 161 cm³/mol. The van der Waals surface area contributed by atoms with E-state index in [1.807, 2.05) is 24.3 Å². The molecule has 39 heavy (non-hydrogen) atoms. The van der Waals surface area contributed by atoms with E-state index in [0.717, 1.165) is 61.8 Å². The maximum Gasteiger partial charge on any atom is 0.251 e. The van der Waals surface area contributed by atoms with Crippen molar-refractivity contribution in [3.63, 3.8) is 0 Å². The number of fused-ring (bicyclic) bond motifs is 1. The second kappa shape index (κ2) is 11.9. The van der Waals surface area contributed by atoms with Crippen LogP contribution in [0.1, 0.15) is 33.5 Å². The highest BCUT2D eigenvalue weighted by Crippen LogP contribution is 2.37. The zero-order chi connectivity index (χ0) is 27.4. The van der Waals surface area contributed by atoms with Crippen LogP contribution in [0.2, 0.25) is 0 Å². The Hall–Kier alpha value is -3.88. The van der Waals surface area contributed by atoms with Gasteiger partial charge in [0.05, 0.1) is 11.4 Å². The van der Waals surface area contributed by atoms with Crippen molar-refractivity contribution in [2.75, 3.05) is 57.1 Å². The first-order valence-electron chi connectivity index (χ1n) is 13.8. The molecule has 2 aliphatic rings. The largest absolute Gasteiger partial charge is 0.352 e. The van der Waals surface area contributed by atoms with Crippen LogP contribution >= 0.6 is 0 Å². The first-order valence-corrected chi connectivity index (χ1v) is 13.8. The summed E-state index contributed by atoms with van der Waals surface area (Å²) in [6.07, 6.45) is 0.948. The van der Waals surface area contributed by atoms with E-state index in [1.54, 1.807) is 0 Å². The topological polar surface area (TPSA) is 84.0 Å². The van der Waals surface area contributed by atoms with Gasteiger partial charge in [-0.3, -0.25) is 15.6 Å². The number of nitrogens with one attached hydrogen (secondary N) is 4. The van der Waals surface area contributed by atoms with Gasteiger partial charge in [0.1, 0.15) is 0 Å². The van der Waals surface area contributed by atoms with E-state index in [4.69, 9.17) is 4.99 Å². The van der Waals surface area contributed by atoms with Crippen LogP contribution in [-0.4, -0.2) is 68.0 Å². The summed E-state index contributed by atoms with van der Waals surface area (Å²) >= 11 is 0. The van der Waals surface area contributed by atoms with Crippen molar-refractivity contribution in [1.29, 1.82) is 0 Å². The van der Waals surface area contributed by atoms with E-state index in [0.29, 0.717) is 18.1 Å². The van der Waals surface area contributed by atoms with Crippen molar-refractivity contribution in [2.24, 2.45) is 4.99 Å². The summed E-state index contributed by atoms with van der Waals surface area (Å²) in [4.78, 5) is 22.4. The van der Waals surface area contributed by atoms with Crippen LogP contribution in [0.3, 0.4) is 0 Å². The van der Waals surface area contributed by atoms with Crippen LogP contribution in [0.5, 0.6) is 0 Å². The minimum absolute atomic E-state index is 0.0612. The van der Waals surface area contributed by atoms with E-state index < -0.39 is 0 Å². The Morgan fingerprint density at radius 1 is 0.923 bits per heavy atom. The first-order chi connectivity index (χ1) is 18.9. The Bertz CT molecular complexity index is 1360. The zero-order valence-corrected chi connectivity index (χ0v) is 23.4. The van der Waals surface area contributed by atoms with E-state index in [2.05, 4.69) is 89.4 Å². The number of likely N-dealkylation sites (N-methyl/N-ethyl adjacent to an activating group) is 1. The number of hydrazine groups is 1. The Morgan fingerprint density at radius 2 is 1.67 bits per heavy atom. The van der Waals surface area contributed by atoms with Gasteiger partial charge < -0.3 is 20.4 Å². The fraction of sp³-hybridized carbons (Fsp3) is 0.355. The molecule has 0 aromatic heterocycles. The molecule has 204 valence electrons. The lowest BCUT2D eigenvalue weighted by Gasteiger charge is -2.32.